The molecule has 0 aliphatic heterocycles. The van der Waals surface area contributed by atoms with Gasteiger partial charge in [0.1, 0.15) is 5.75 Å². The quantitative estimate of drug-likeness (QED) is 0.607. The van der Waals surface area contributed by atoms with Crippen LogP contribution in [0.15, 0.2) is 12.1 Å². The van der Waals surface area contributed by atoms with Crippen molar-refractivity contribution in [3.05, 3.63) is 29.3 Å². The molecule has 0 aromatic heterocycles. The molecular weight excluding hydrogens is 238 g/mol. The predicted molar refractivity (Wildman–Crippen MR) is 42.2 cm³/mol. The van der Waals surface area contributed by atoms with Crippen molar-refractivity contribution in [1.82, 2.24) is 0 Å². The van der Waals surface area contributed by atoms with Gasteiger partial charge >= 0.3 is 13.5 Å². The summed E-state index contributed by atoms with van der Waals surface area (Å²) in [6.07, 6.45) is -5.11. The average molecular weight is 242 g/mol. The van der Waals surface area contributed by atoms with Crippen molar-refractivity contribution in [3.8, 4) is 5.75 Å². The van der Waals surface area contributed by atoms with Gasteiger partial charge in [-0.15, -0.1) is 0 Å². The molecule has 0 saturated carbocycles. The van der Waals surface area contributed by atoms with Gasteiger partial charge in [-0.25, -0.2) is 8.78 Å². The first-order valence-electron chi connectivity index (χ1n) is 3.81. The number of halogens is 5. The van der Waals surface area contributed by atoms with E-state index in [1.165, 1.54) is 0 Å². The van der Waals surface area contributed by atoms with Crippen molar-refractivity contribution < 1.29 is 36.7 Å². The van der Waals surface area contributed by atoms with Crippen LogP contribution in [0.1, 0.15) is 5.56 Å². The standard InChI is InChI=1S/C7H4BF5O3/c9-5-2-3(16-8(14)15)1-4(6(5)10)7(11,12)13/h1-2,14-15H. The smallest absolute Gasteiger partial charge is 0.512 e. The Balaban J connectivity index is 3.23. The minimum Gasteiger partial charge on any atom is -0.512 e. The third-order valence-corrected chi connectivity index (χ3v) is 1.55. The lowest BCUT2D eigenvalue weighted by Crippen LogP contribution is -2.21. The van der Waals surface area contributed by atoms with Crippen LogP contribution < -0.4 is 4.65 Å². The molecule has 9 heteroatoms. The van der Waals surface area contributed by atoms with Crippen molar-refractivity contribution in [2.45, 2.75) is 6.18 Å². The molecule has 0 aliphatic carbocycles. The molecule has 0 fully saturated rings. The number of rotatable bonds is 2. The first kappa shape index (κ1) is 12.7. The largest absolute Gasteiger partial charge is 0.707 e. The second-order valence-electron chi connectivity index (χ2n) is 2.71. The van der Waals surface area contributed by atoms with Crippen LogP contribution in [0.5, 0.6) is 5.75 Å². The number of hydrogen-bond acceptors (Lipinski definition) is 3. The molecule has 16 heavy (non-hydrogen) atoms. The second-order valence-corrected chi connectivity index (χ2v) is 2.71. The van der Waals surface area contributed by atoms with Crippen molar-refractivity contribution in [1.29, 1.82) is 0 Å². The van der Waals surface area contributed by atoms with E-state index in [1.807, 2.05) is 0 Å². The van der Waals surface area contributed by atoms with E-state index in [2.05, 4.69) is 4.65 Å². The van der Waals surface area contributed by atoms with Crippen LogP contribution in [0.3, 0.4) is 0 Å². The lowest BCUT2D eigenvalue weighted by Gasteiger charge is -2.11. The Hall–Kier alpha value is -1.35. The van der Waals surface area contributed by atoms with Crippen molar-refractivity contribution >= 4 is 7.32 Å². The second kappa shape index (κ2) is 4.26. The molecule has 1 rings (SSSR count). The van der Waals surface area contributed by atoms with Crippen LogP contribution in [0.2, 0.25) is 0 Å². The number of benzene rings is 1. The highest BCUT2D eigenvalue weighted by atomic mass is 19.4. The molecule has 3 nitrogen and oxygen atoms in total. The average Bonchev–Trinajstić information content (AvgIpc) is 2.08. The normalized spacial score (nSPS) is 11.4. The maximum atomic E-state index is 12.7. The molecule has 88 valence electrons. The van der Waals surface area contributed by atoms with Gasteiger partial charge in [0.2, 0.25) is 0 Å². The molecule has 2 N–H and O–H groups in total. The molecule has 0 saturated heterocycles. The van der Waals surface area contributed by atoms with Gasteiger partial charge in [0.05, 0.1) is 5.56 Å². The zero-order valence-electron chi connectivity index (χ0n) is 7.42. The van der Waals surface area contributed by atoms with E-state index in [0.29, 0.717) is 0 Å². The zero-order valence-corrected chi connectivity index (χ0v) is 7.42. The minimum atomic E-state index is -5.11. The van der Waals surface area contributed by atoms with Crippen LogP contribution in [0, 0.1) is 11.6 Å². The molecule has 1 aromatic rings. The van der Waals surface area contributed by atoms with E-state index in [4.69, 9.17) is 10.0 Å². The molecule has 0 unspecified atom stereocenters. The summed E-state index contributed by atoms with van der Waals surface area (Å²) in [4.78, 5) is 0. The lowest BCUT2D eigenvalue weighted by molar-refractivity contribution is -0.140. The maximum Gasteiger partial charge on any atom is 0.707 e. The highest BCUT2D eigenvalue weighted by Gasteiger charge is 2.36. The molecule has 0 amide bonds. The summed E-state index contributed by atoms with van der Waals surface area (Å²) in [5.41, 5.74) is -1.89. The Morgan fingerprint density at radius 2 is 1.69 bits per heavy atom. The van der Waals surface area contributed by atoms with Crippen LogP contribution >= 0.6 is 0 Å². The van der Waals surface area contributed by atoms with Crippen LogP contribution in [0.25, 0.3) is 0 Å². The topological polar surface area (TPSA) is 49.7 Å². The fraction of sp³-hybridized carbons (Fsp3) is 0.143. The minimum absolute atomic E-state index is 0.123. The van der Waals surface area contributed by atoms with E-state index >= 15 is 0 Å². The first-order chi connectivity index (χ1) is 7.21. The van der Waals surface area contributed by atoms with Crippen molar-refractivity contribution in [3.63, 3.8) is 0 Å². The van der Waals surface area contributed by atoms with Gasteiger partial charge in [-0.2, -0.15) is 13.2 Å². The summed E-state index contributed by atoms with van der Waals surface area (Å²) in [5, 5.41) is 16.6. The summed E-state index contributed by atoms with van der Waals surface area (Å²) in [7, 11) is -2.43. The monoisotopic (exact) mass is 242 g/mol. The van der Waals surface area contributed by atoms with Crippen LogP contribution in [0.4, 0.5) is 22.0 Å². The van der Waals surface area contributed by atoms with Gasteiger partial charge in [-0.05, 0) is 6.07 Å². The van der Waals surface area contributed by atoms with E-state index in [9.17, 15) is 22.0 Å². The van der Waals surface area contributed by atoms with Crippen molar-refractivity contribution in [2.75, 3.05) is 0 Å². The molecule has 0 spiro atoms. The van der Waals surface area contributed by atoms with Crippen LogP contribution in [-0.4, -0.2) is 17.4 Å². The molecule has 0 atom stereocenters. The Morgan fingerprint density at radius 1 is 1.12 bits per heavy atom. The van der Waals surface area contributed by atoms with E-state index < -0.39 is 36.4 Å². The highest BCUT2D eigenvalue weighted by molar-refractivity contribution is 6.33. The lowest BCUT2D eigenvalue weighted by atomic mass is 10.1. The summed E-state index contributed by atoms with van der Waals surface area (Å²) in [5.74, 6) is -4.72. The van der Waals surface area contributed by atoms with Crippen molar-refractivity contribution in [2.24, 2.45) is 0 Å². The number of alkyl halides is 3. The fourth-order valence-corrected chi connectivity index (χ4v) is 0.960. The SMILES string of the molecule is OB(O)Oc1cc(F)c(F)c(C(F)(F)F)c1. The first-order valence-corrected chi connectivity index (χ1v) is 3.81. The third-order valence-electron chi connectivity index (χ3n) is 1.55. The van der Waals surface area contributed by atoms with Gasteiger partial charge < -0.3 is 14.7 Å². The van der Waals surface area contributed by atoms with Gasteiger partial charge in [0.15, 0.2) is 11.6 Å². The van der Waals surface area contributed by atoms with Crippen LogP contribution in [-0.2, 0) is 6.18 Å². The fourth-order valence-electron chi connectivity index (χ4n) is 0.960. The molecule has 0 heterocycles. The molecule has 0 radical (unpaired) electrons. The van der Waals surface area contributed by atoms with Gasteiger partial charge in [0.25, 0.3) is 0 Å². The highest BCUT2D eigenvalue weighted by Crippen LogP contribution is 2.34. The van der Waals surface area contributed by atoms with E-state index in [0.717, 1.165) is 0 Å². The summed E-state index contributed by atoms with van der Waals surface area (Å²) in [6, 6.07) is 0.391. The Morgan fingerprint density at radius 3 is 2.12 bits per heavy atom. The molecular formula is C7H4BF5O3. The zero-order chi connectivity index (χ0) is 12.5. The van der Waals surface area contributed by atoms with E-state index in [1.54, 1.807) is 0 Å². The van der Waals surface area contributed by atoms with Gasteiger partial charge in [0, 0.05) is 6.07 Å². The number of hydrogen-bond donors (Lipinski definition) is 2. The maximum absolute atomic E-state index is 12.7. The molecule has 0 aliphatic rings. The Kier molecular flexibility index (Phi) is 3.39. The predicted octanol–water partition coefficient (Wildman–Crippen LogP) is 1.33. The van der Waals surface area contributed by atoms with E-state index in [-0.39, 0.29) is 12.1 Å². The summed E-state index contributed by atoms with van der Waals surface area (Å²) >= 11 is 0. The summed E-state index contributed by atoms with van der Waals surface area (Å²) < 4.78 is 65.9. The molecule has 0 bridgehead atoms. The third kappa shape index (κ3) is 2.83. The Labute approximate surface area is 86.3 Å². The summed E-state index contributed by atoms with van der Waals surface area (Å²) in [6.45, 7) is 0. The molecule has 1 aromatic carbocycles. The van der Waals surface area contributed by atoms with Gasteiger partial charge in [-0.3, -0.25) is 0 Å². The Bertz CT molecular complexity index is 392. The van der Waals surface area contributed by atoms with Gasteiger partial charge in [-0.1, -0.05) is 0 Å².